The largest absolute Gasteiger partial charge is 0.389 e. The molecule has 1 aromatic heterocycles. The van der Waals surface area contributed by atoms with Crippen molar-refractivity contribution in [2.24, 2.45) is 7.05 Å². The van der Waals surface area contributed by atoms with E-state index in [0.29, 0.717) is 0 Å². The van der Waals surface area contributed by atoms with Crippen LogP contribution >= 0.6 is 0 Å². The van der Waals surface area contributed by atoms with Gasteiger partial charge in [0.25, 0.3) is 0 Å². The van der Waals surface area contributed by atoms with Gasteiger partial charge in [-0.25, -0.2) is 0 Å². The second-order valence-corrected chi connectivity index (χ2v) is 5.23. The first-order valence-corrected chi connectivity index (χ1v) is 6.59. The highest BCUT2D eigenvalue weighted by atomic mass is 16.3. The number of hydrogen-bond donors (Lipinski definition) is 2. The van der Waals surface area contributed by atoms with Gasteiger partial charge in [-0.15, -0.1) is 0 Å². The Kier molecular flexibility index (Phi) is 4.18. The van der Waals surface area contributed by atoms with Crippen molar-refractivity contribution < 1.29 is 5.11 Å². The summed E-state index contributed by atoms with van der Waals surface area (Å²) in [4.78, 5) is 0. The molecule has 2 rings (SSSR count). The van der Waals surface area contributed by atoms with Gasteiger partial charge in [-0.05, 0) is 31.4 Å². The lowest BCUT2D eigenvalue weighted by molar-refractivity contribution is 0.00517. The first-order chi connectivity index (χ1) is 8.18. The Morgan fingerprint density at radius 3 is 2.82 bits per heavy atom. The molecule has 0 bridgehead atoms. The van der Waals surface area contributed by atoms with Gasteiger partial charge >= 0.3 is 0 Å². The molecule has 0 unspecified atom stereocenters. The van der Waals surface area contributed by atoms with E-state index in [4.69, 9.17) is 0 Å². The molecule has 1 aliphatic carbocycles. The van der Waals surface area contributed by atoms with Gasteiger partial charge in [0.2, 0.25) is 0 Å². The van der Waals surface area contributed by atoms with Gasteiger partial charge < -0.3 is 10.4 Å². The van der Waals surface area contributed by atoms with E-state index in [0.717, 1.165) is 32.4 Å². The van der Waals surface area contributed by atoms with Gasteiger partial charge in [-0.1, -0.05) is 19.3 Å². The second-order valence-electron chi connectivity index (χ2n) is 5.23. The molecule has 0 aromatic carbocycles. The van der Waals surface area contributed by atoms with Crippen LogP contribution in [0.25, 0.3) is 0 Å². The number of aliphatic hydroxyl groups is 1. The normalized spacial score (nSPS) is 19.4. The number of nitrogens with one attached hydrogen (secondary N) is 1. The summed E-state index contributed by atoms with van der Waals surface area (Å²) in [5.74, 6) is 0. The molecule has 0 atom stereocenters. The summed E-state index contributed by atoms with van der Waals surface area (Å²) < 4.78 is 1.82. The van der Waals surface area contributed by atoms with Gasteiger partial charge in [0, 0.05) is 19.8 Å². The molecule has 0 radical (unpaired) electrons. The molecular formula is C13H23N3O. The van der Waals surface area contributed by atoms with E-state index in [2.05, 4.69) is 10.4 Å². The van der Waals surface area contributed by atoms with E-state index in [1.54, 1.807) is 0 Å². The monoisotopic (exact) mass is 237 g/mol. The molecule has 1 saturated carbocycles. The summed E-state index contributed by atoms with van der Waals surface area (Å²) >= 11 is 0. The summed E-state index contributed by atoms with van der Waals surface area (Å²) in [5, 5.41) is 17.8. The van der Waals surface area contributed by atoms with Crippen molar-refractivity contribution in [3.05, 3.63) is 18.0 Å². The first-order valence-electron chi connectivity index (χ1n) is 6.59. The van der Waals surface area contributed by atoms with Crippen LogP contribution < -0.4 is 5.32 Å². The Bertz CT molecular complexity index is 342. The van der Waals surface area contributed by atoms with Gasteiger partial charge in [0.15, 0.2) is 0 Å². The van der Waals surface area contributed by atoms with E-state index < -0.39 is 5.60 Å². The molecule has 0 aliphatic heterocycles. The summed E-state index contributed by atoms with van der Waals surface area (Å²) in [7, 11) is 1.93. The Labute approximate surface area is 103 Å². The van der Waals surface area contributed by atoms with Crippen LogP contribution in [0.1, 0.15) is 37.7 Å². The molecule has 4 heteroatoms. The minimum atomic E-state index is -0.451. The second kappa shape index (κ2) is 5.65. The summed E-state index contributed by atoms with van der Waals surface area (Å²) in [6, 6.07) is 0. The fourth-order valence-electron chi connectivity index (χ4n) is 2.54. The Hall–Kier alpha value is -0.870. The smallest absolute Gasteiger partial charge is 0.0771 e. The lowest BCUT2D eigenvalue weighted by atomic mass is 9.85. The number of nitrogens with zero attached hydrogens (tertiary/aromatic N) is 2. The van der Waals surface area contributed by atoms with E-state index in [1.165, 1.54) is 24.8 Å². The molecular weight excluding hydrogens is 214 g/mol. The maximum absolute atomic E-state index is 10.3. The number of hydrogen-bond acceptors (Lipinski definition) is 3. The van der Waals surface area contributed by atoms with Gasteiger partial charge in [-0.3, -0.25) is 4.68 Å². The molecule has 17 heavy (non-hydrogen) atoms. The van der Waals surface area contributed by atoms with Crippen molar-refractivity contribution in [2.45, 2.75) is 44.1 Å². The highest BCUT2D eigenvalue weighted by Gasteiger charge is 2.28. The first kappa shape index (κ1) is 12.6. The van der Waals surface area contributed by atoms with Crippen molar-refractivity contribution in [3.63, 3.8) is 0 Å². The van der Waals surface area contributed by atoms with Crippen LogP contribution in [0.2, 0.25) is 0 Å². The fourth-order valence-corrected chi connectivity index (χ4v) is 2.54. The minimum Gasteiger partial charge on any atom is -0.389 e. The van der Waals surface area contributed by atoms with Gasteiger partial charge in [0.05, 0.1) is 11.8 Å². The Morgan fingerprint density at radius 2 is 2.18 bits per heavy atom. The third kappa shape index (κ3) is 3.82. The Balaban J connectivity index is 1.65. The predicted molar refractivity (Wildman–Crippen MR) is 67.8 cm³/mol. The van der Waals surface area contributed by atoms with Crippen LogP contribution in [-0.4, -0.2) is 33.6 Å². The quantitative estimate of drug-likeness (QED) is 0.758. The zero-order chi connectivity index (χ0) is 12.1. The lowest BCUT2D eigenvalue weighted by Gasteiger charge is -2.32. The third-order valence-corrected chi connectivity index (χ3v) is 3.59. The molecule has 0 spiro atoms. The molecule has 1 aliphatic rings. The Morgan fingerprint density at radius 1 is 1.41 bits per heavy atom. The van der Waals surface area contributed by atoms with Gasteiger partial charge in [-0.2, -0.15) is 5.10 Å². The molecule has 0 saturated heterocycles. The van der Waals surface area contributed by atoms with Crippen LogP contribution in [0, 0.1) is 0 Å². The average Bonchev–Trinajstić information content (AvgIpc) is 2.72. The zero-order valence-electron chi connectivity index (χ0n) is 10.7. The third-order valence-electron chi connectivity index (χ3n) is 3.59. The van der Waals surface area contributed by atoms with Crippen molar-refractivity contribution in [3.8, 4) is 0 Å². The van der Waals surface area contributed by atoms with Crippen LogP contribution in [-0.2, 0) is 13.5 Å². The summed E-state index contributed by atoms with van der Waals surface area (Å²) in [6.45, 7) is 1.64. The van der Waals surface area contributed by atoms with Gasteiger partial charge in [0.1, 0.15) is 0 Å². The number of aromatic nitrogens is 2. The molecule has 4 nitrogen and oxygen atoms in total. The molecule has 2 N–H and O–H groups in total. The van der Waals surface area contributed by atoms with Crippen LogP contribution in [0.4, 0.5) is 0 Å². The van der Waals surface area contributed by atoms with Crippen molar-refractivity contribution >= 4 is 0 Å². The zero-order valence-corrected chi connectivity index (χ0v) is 10.7. The summed E-state index contributed by atoms with van der Waals surface area (Å²) in [6.07, 6.45) is 10.4. The average molecular weight is 237 g/mol. The topological polar surface area (TPSA) is 50.1 Å². The fraction of sp³-hybridized carbons (Fsp3) is 0.769. The molecule has 0 amide bonds. The van der Waals surface area contributed by atoms with Crippen LogP contribution in [0.3, 0.4) is 0 Å². The van der Waals surface area contributed by atoms with E-state index in [1.807, 2.05) is 24.1 Å². The maximum Gasteiger partial charge on any atom is 0.0771 e. The SMILES string of the molecule is Cn1cc(CCNCC2(O)CCCCC2)cn1. The standard InChI is InChI=1S/C13H23N3O/c1-16-10-12(9-15-16)5-8-14-11-13(17)6-3-2-4-7-13/h9-10,14,17H,2-8,11H2,1H3. The van der Waals surface area contributed by atoms with Crippen LogP contribution in [0.5, 0.6) is 0 Å². The highest BCUT2D eigenvalue weighted by molar-refractivity contribution is 5.03. The molecule has 1 heterocycles. The van der Waals surface area contributed by atoms with E-state index in [-0.39, 0.29) is 0 Å². The molecule has 1 fully saturated rings. The van der Waals surface area contributed by atoms with E-state index in [9.17, 15) is 5.11 Å². The molecule has 1 aromatic rings. The number of aryl methyl sites for hydroxylation is 1. The van der Waals surface area contributed by atoms with Crippen molar-refractivity contribution in [1.29, 1.82) is 0 Å². The highest BCUT2D eigenvalue weighted by Crippen LogP contribution is 2.27. The number of rotatable bonds is 5. The van der Waals surface area contributed by atoms with Crippen LogP contribution in [0.15, 0.2) is 12.4 Å². The molecule has 96 valence electrons. The van der Waals surface area contributed by atoms with E-state index >= 15 is 0 Å². The summed E-state index contributed by atoms with van der Waals surface area (Å²) in [5.41, 5.74) is 0.795. The minimum absolute atomic E-state index is 0.451. The maximum atomic E-state index is 10.3. The lowest BCUT2D eigenvalue weighted by Crippen LogP contribution is -2.42. The van der Waals surface area contributed by atoms with Crippen molar-refractivity contribution in [1.82, 2.24) is 15.1 Å². The predicted octanol–water partition coefficient (Wildman–Crippen LogP) is 1.25. The van der Waals surface area contributed by atoms with Crippen molar-refractivity contribution in [2.75, 3.05) is 13.1 Å².